The van der Waals surface area contributed by atoms with Crippen molar-refractivity contribution in [2.24, 2.45) is 0 Å². The van der Waals surface area contributed by atoms with Crippen LogP contribution >= 0.6 is 0 Å². The molecule has 0 amide bonds. The molecule has 0 fully saturated rings. The molecule has 0 heterocycles. The predicted octanol–water partition coefficient (Wildman–Crippen LogP) is -1.31. The molecule has 3 nitrogen and oxygen atoms in total. The SMILES string of the molecule is O=S(O)[O][SbH2]. The summed E-state index contributed by atoms with van der Waals surface area (Å²) in [5.41, 5.74) is 0. The first kappa shape index (κ1) is 5.89. The molecule has 0 bridgehead atoms. The van der Waals surface area contributed by atoms with Crippen LogP contribution in [0.4, 0.5) is 0 Å². The van der Waals surface area contributed by atoms with Crippen molar-refractivity contribution in [2.45, 2.75) is 0 Å². The Labute approximate surface area is 46.2 Å². The monoisotopic (exact) mass is 204 g/mol. The van der Waals surface area contributed by atoms with E-state index in [4.69, 9.17) is 4.55 Å². The third-order valence-corrected chi connectivity index (χ3v) is 1.66. The predicted molar refractivity (Wildman–Crippen MR) is 20.4 cm³/mol. The molecule has 1 unspecified atom stereocenters. The van der Waals surface area contributed by atoms with Crippen molar-refractivity contribution in [3.63, 3.8) is 0 Å². The maximum absolute atomic E-state index is 9.29. The van der Waals surface area contributed by atoms with Crippen LogP contribution in [0.25, 0.3) is 0 Å². The molecule has 0 aliphatic rings. The van der Waals surface area contributed by atoms with E-state index in [1.807, 2.05) is 0 Å². The van der Waals surface area contributed by atoms with Crippen molar-refractivity contribution in [1.29, 1.82) is 0 Å². The van der Waals surface area contributed by atoms with Gasteiger partial charge >= 0.3 is 46.0 Å². The van der Waals surface area contributed by atoms with Gasteiger partial charge in [0.2, 0.25) is 0 Å². The minimum atomic E-state index is -2.01. The summed E-state index contributed by atoms with van der Waals surface area (Å²) in [6, 6.07) is 0. The van der Waals surface area contributed by atoms with Gasteiger partial charge in [-0.1, -0.05) is 0 Å². The molecule has 0 saturated heterocycles. The first-order valence-corrected chi connectivity index (χ1v) is 3.13. The summed E-state index contributed by atoms with van der Waals surface area (Å²) in [7, 11) is 0. The van der Waals surface area contributed by atoms with E-state index in [2.05, 4.69) is 2.46 Å². The molecule has 0 rings (SSSR count). The van der Waals surface area contributed by atoms with E-state index in [-0.39, 0.29) is 0 Å². The Bertz CT molecular complexity index is 42.2. The van der Waals surface area contributed by atoms with Crippen molar-refractivity contribution >= 4 is 34.8 Å². The third-order valence-electron chi connectivity index (χ3n) is 0.0823. The van der Waals surface area contributed by atoms with Gasteiger partial charge in [0, 0.05) is 0 Å². The third kappa shape index (κ3) is 4.89. The Kier molecular flexibility index (Phi) is 3.64. The van der Waals surface area contributed by atoms with Crippen LogP contribution in [0.15, 0.2) is 0 Å². The molecule has 0 aromatic carbocycles. The fourth-order valence-electron chi connectivity index (χ4n) is 0. The molecule has 0 aromatic heterocycles. The van der Waals surface area contributed by atoms with E-state index in [9.17, 15) is 4.21 Å². The second-order valence-electron chi connectivity index (χ2n) is 0.313. The zero-order chi connectivity index (χ0) is 4.28. The van der Waals surface area contributed by atoms with E-state index in [1.165, 1.54) is 0 Å². The summed E-state index contributed by atoms with van der Waals surface area (Å²) in [5, 5.41) is 0. The molecule has 0 radical (unpaired) electrons. The standard InChI is InChI=1S/H2O3S.Sb.2H/c1-4(2)3;;;/h(H2,1,2,3);;;/q;+1;;/p-1. The first-order chi connectivity index (χ1) is 2.27. The molecular weight excluding hydrogens is 202 g/mol. The van der Waals surface area contributed by atoms with Gasteiger partial charge in [-0.05, 0) is 0 Å². The summed E-state index contributed by atoms with van der Waals surface area (Å²) >= 11 is -1.64. The van der Waals surface area contributed by atoms with Gasteiger partial charge in [-0.2, -0.15) is 0 Å². The van der Waals surface area contributed by atoms with Gasteiger partial charge in [-0.3, -0.25) is 0 Å². The first-order valence-electron chi connectivity index (χ1n) is 0.752. The summed E-state index contributed by atoms with van der Waals surface area (Å²) < 4.78 is 20.8. The number of hydrogen-bond donors (Lipinski definition) is 1. The van der Waals surface area contributed by atoms with Crippen LogP contribution in [-0.4, -0.2) is 32.2 Å². The quantitative estimate of drug-likeness (QED) is 0.426. The van der Waals surface area contributed by atoms with Gasteiger partial charge in [-0.25, -0.2) is 0 Å². The minimum absolute atomic E-state index is 0.376. The summed E-state index contributed by atoms with van der Waals surface area (Å²) in [6.45, 7) is 0. The zero-order valence-corrected chi connectivity index (χ0v) is 6.36. The van der Waals surface area contributed by atoms with Crippen molar-refractivity contribution in [3.8, 4) is 0 Å². The summed E-state index contributed by atoms with van der Waals surface area (Å²) in [5.74, 6) is 0. The van der Waals surface area contributed by atoms with Gasteiger partial charge in [-0.15, -0.1) is 0 Å². The van der Waals surface area contributed by atoms with Crippen molar-refractivity contribution in [3.05, 3.63) is 0 Å². The Balaban J connectivity index is 2.85. The van der Waals surface area contributed by atoms with Gasteiger partial charge < -0.3 is 0 Å². The molecule has 0 aliphatic heterocycles. The number of hydrogen-bond acceptors (Lipinski definition) is 2. The van der Waals surface area contributed by atoms with Crippen LogP contribution in [0.1, 0.15) is 0 Å². The van der Waals surface area contributed by atoms with Crippen molar-refractivity contribution in [1.82, 2.24) is 0 Å². The van der Waals surface area contributed by atoms with Crippen LogP contribution in [0.3, 0.4) is 0 Å². The normalized spacial score (nSPS) is 14.8. The molecule has 1 atom stereocenters. The van der Waals surface area contributed by atoms with Crippen LogP contribution in [0, 0.1) is 0 Å². The fraction of sp³-hybridized carbons (Fsp3) is 0. The Hall–Kier alpha value is 0.888. The van der Waals surface area contributed by atoms with Crippen LogP contribution in [0.5, 0.6) is 0 Å². The van der Waals surface area contributed by atoms with E-state index in [0.29, 0.717) is 23.4 Å². The van der Waals surface area contributed by atoms with Crippen LogP contribution in [0.2, 0.25) is 0 Å². The maximum atomic E-state index is 9.29. The Morgan fingerprint density at radius 2 is 2.20 bits per heavy atom. The zero-order valence-electron chi connectivity index (χ0n) is 2.25. The molecule has 0 spiro atoms. The second kappa shape index (κ2) is 3.09. The topological polar surface area (TPSA) is 46.5 Å². The van der Waals surface area contributed by atoms with Crippen molar-refractivity contribution in [2.75, 3.05) is 0 Å². The second-order valence-corrected chi connectivity index (χ2v) is 2.59. The van der Waals surface area contributed by atoms with Crippen LogP contribution in [-0.2, 0) is 13.8 Å². The van der Waals surface area contributed by atoms with E-state index in [1.54, 1.807) is 0 Å². The molecule has 1 N–H and O–H groups in total. The molecule has 0 saturated carbocycles. The van der Waals surface area contributed by atoms with E-state index < -0.39 is 11.4 Å². The molecule has 0 aliphatic carbocycles. The van der Waals surface area contributed by atoms with Gasteiger partial charge in [0.25, 0.3) is 0 Å². The summed E-state index contributed by atoms with van der Waals surface area (Å²) in [6.07, 6.45) is 0. The van der Waals surface area contributed by atoms with Crippen molar-refractivity contribution < 1.29 is 11.2 Å². The van der Waals surface area contributed by atoms with E-state index >= 15 is 0 Å². The molecule has 0 aromatic rings. The van der Waals surface area contributed by atoms with E-state index in [0.717, 1.165) is 0 Å². The molecule has 5 heteroatoms. The Morgan fingerprint density at radius 1 is 2.00 bits per heavy atom. The molecular formula is H3O3SSb. The van der Waals surface area contributed by atoms with Gasteiger partial charge in [0.15, 0.2) is 0 Å². The van der Waals surface area contributed by atoms with Gasteiger partial charge in [0.1, 0.15) is 0 Å². The molecule has 32 valence electrons. The van der Waals surface area contributed by atoms with Gasteiger partial charge in [0.05, 0.1) is 0 Å². The molecule has 5 heavy (non-hydrogen) atoms. The fourth-order valence-corrected chi connectivity index (χ4v) is 0. The number of rotatable bonds is 1. The van der Waals surface area contributed by atoms with Crippen LogP contribution < -0.4 is 0 Å². The average Bonchev–Trinajstić information content (AvgIpc) is 1.38. The average molecular weight is 205 g/mol. The Morgan fingerprint density at radius 3 is 2.20 bits per heavy atom. The summed E-state index contributed by atoms with van der Waals surface area (Å²) in [4.78, 5) is 0.